The lowest BCUT2D eigenvalue weighted by Gasteiger charge is -2.44. The van der Waals surface area contributed by atoms with Crippen molar-refractivity contribution in [3.05, 3.63) is 68.9 Å². The van der Waals surface area contributed by atoms with Crippen LogP contribution in [0.5, 0.6) is 0 Å². The summed E-state index contributed by atoms with van der Waals surface area (Å²) in [6.07, 6.45) is 3.35. The first-order chi connectivity index (χ1) is 12.4. The topological polar surface area (TPSA) is 50.8 Å². The Bertz CT molecular complexity index is 962. The SMILES string of the molecule is CN1OC2(N=C1N)c1cc(Br)ccc1CC21CCc2cc(F)ccc2C1. The quantitative estimate of drug-likeness (QED) is 0.713. The van der Waals surface area contributed by atoms with Gasteiger partial charge in [-0.2, -0.15) is 0 Å². The summed E-state index contributed by atoms with van der Waals surface area (Å²) in [4.78, 5) is 11.2. The lowest BCUT2D eigenvalue weighted by atomic mass is 9.65. The molecule has 0 amide bonds. The molecule has 0 saturated carbocycles. The zero-order chi connectivity index (χ0) is 18.1. The summed E-state index contributed by atoms with van der Waals surface area (Å²) in [5.74, 6) is 0.217. The summed E-state index contributed by atoms with van der Waals surface area (Å²) >= 11 is 3.58. The van der Waals surface area contributed by atoms with E-state index in [4.69, 9.17) is 15.6 Å². The first kappa shape index (κ1) is 16.3. The van der Waals surface area contributed by atoms with E-state index in [1.807, 2.05) is 6.07 Å². The molecule has 5 rings (SSSR count). The molecule has 26 heavy (non-hydrogen) atoms. The lowest BCUT2D eigenvalue weighted by molar-refractivity contribution is -0.224. The number of hydrogen-bond donors (Lipinski definition) is 1. The first-order valence-corrected chi connectivity index (χ1v) is 9.56. The number of fused-ring (bicyclic) bond motifs is 4. The van der Waals surface area contributed by atoms with Crippen molar-refractivity contribution in [2.45, 2.75) is 31.4 Å². The second-order valence-corrected chi connectivity index (χ2v) is 8.47. The number of aliphatic imine (C=N–C) groups is 1. The van der Waals surface area contributed by atoms with E-state index in [0.29, 0.717) is 5.96 Å². The molecule has 2 aromatic rings. The minimum absolute atomic E-state index is 0.174. The number of benzene rings is 2. The highest BCUT2D eigenvalue weighted by atomic mass is 79.9. The van der Waals surface area contributed by atoms with E-state index in [9.17, 15) is 4.39 Å². The molecule has 2 aliphatic carbocycles. The number of guanidine groups is 1. The molecule has 2 aromatic carbocycles. The van der Waals surface area contributed by atoms with Gasteiger partial charge >= 0.3 is 0 Å². The fourth-order valence-electron chi connectivity index (χ4n) is 4.88. The molecule has 0 saturated heterocycles. The second-order valence-electron chi connectivity index (χ2n) is 7.55. The fraction of sp³-hybridized carbons (Fsp3) is 0.350. The van der Waals surface area contributed by atoms with Gasteiger partial charge in [-0.15, -0.1) is 0 Å². The number of aryl methyl sites for hydroxylation is 1. The Morgan fingerprint density at radius 2 is 1.92 bits per heavy atom. The van der Waals surface area contributed by atoms with Gasteiger partial charge < -0.3 is 5.73 Å². The van der Waals surface area contributed by atoms with E-state index in [-0.39, 0.29) is 11.2 Å². The Labute approximate surface area is 159 Å². The average molecular weight is 416 g/mol. The molecule has 0 bridgehead atoms. The molecule has 1 aliphatic heterocycles. The Kier molecular flexibility index (Phi) is 3.32. The molecule has 1 heterocycles. The highest BCUT2D eigenvalue weighted by Gasteiger charge is 2.63. The smallest absolute Gasteiger partial charge is 0.221 e. The van der Waals surface area contributed by atoms with Crippen molar-refractivity contribution in [2.75, 3.05) is 7.05 Å². The Morgan fingerprint density at radius 1 is 1.15 bits per heavy atom. The van der Waals surface area contributed by atoms with Gasteiger partial charge in [-0.1, -0.05) is 28.1 Å². The van der Waals surface area contributed by atoms with Crippen LogP contribution >= 0.6 is 15.9 Å². The fourth-order valence-corrected chi connectivity index (χ4v) is 5.24. The van der Waals surface area contributed by atoms with Crippen LogP contribution in [0.15, 0.2) is 45.9 Å². The maximum Gasteiger partial charge on any atom is 0.221 e. The molecule has 2 spiro atoms. The standard InChI is InChI=1S/C20H19BrFN3O/c1-25-18(23)24-20(26-25)17-9-15(21)4-2-14(17)11-19(20)7-6-12-8-16(22)5-3-13(12)10-19/h2-5,8-9H,6-7,10-11H2,1H3,(H2,23,24). The number of nitrogens with two attached hydrogens (primary N) is 1. The summed E-state index contributed by atoms with van der Waals surface area (Å²) in [5.41, 5.74) is 9.65. The molecular weight excluding hydrogens is 397 g/mol. The van der Waals surface area contributed by atoms with Gasteiger partial charge in [-0.3, -0.25) is 0 Å². The average Bonchev–Trinajstić information content (AvgIpc) is 3.04. The van der Waals surface area contributed by atoms with Crippen LogP contribution in [0, 0.1) is 11.2 Å². The minimum atomic E-state index is -0.822. The zero-order valence-corrected chi connectivity index (χ0v) is 16.0. The molecule has 0 radical (unpaired) electrons. The van der Waals surface area contributed by atoms with Gasteiger partial charge in [0, 0.05) is 22.5 Å². The highest BCUT2D eigenvalue weighted by Crippen LogP contribution is 2.61. The maximum atomic E-state index is 13.6. The first-order valence-electron chi connectivity index (χ1n) is 8.77. The normalized spacial score (nSPS) is 29.2. The van der Waals surface area contributed by atoms with Crippen LogP contribution in [-0.4, -0.2) is 18.1 Å². The van der Waals surface area contributed by atoms with Crippen molar-refractivity contribution in [3.63, 3.8) is 0 Å². The van der Waals surface area contributed by atoms with Crippen LogP contribution in [0.2, 0.25) is 0 Å². The Hall–Kier alpha value is -1.92. The van der Waals surface area contributed by atoms with Crippen LogP contribution in [-0.2, 0) is 29.8 Å². The predicted octanol–water partition coefficient (Wildman–Crippen LogP) is 3.66. The van der Waals surface area contributed by atoms with Gasteiger partial charge in [-0.25, -0.2) is 19.3 Å². The molecule has 3 aliphatic rings. The number of nitrogens with zero attached hydrogens (tertiary/aromatic N) is 2. The van der Waals surface area contributed by atoms with Gasteiger partial charge in [0.1, 0.15) is 5.82 Å². The predicted molar refractivity (Wildman–Crippen MR) is 101 cm³/mol. The number of halogens is 2. The van der Waals surface area contributed by atoms with Crippen LogP contribution in [0.4, 0.5) is 4.39 Å². The van der Waals surface area contributed by atoms with E-state index in [1.54, 1.807) is 24.2 Å². The van der Waals surface area contributed by atoms with Crippen LogP contribution in [0.3, 0.4) is 0 Å². The lowest BCUT2D eigenvalue weighted by Crippen LogP contribution is -2.47. The monoisotopic (exact) mass is 415 g/mol. The molecule has 4 nitrogen and oxygen atoms in total. The molecule has 2 N–H and O–H groups in total. The summed E-state index contributed by atoms with van der Waals surface area (Å²) in [5, 5.41) is 1.57. The summed E-state index contributed by atoms with van der Waals surface area (Å²) in [7, 11) is 1.80. The highest BCUT2D eigenvalue weighted by molar-refractivity contribution is 9.10. The molecular formula is C20H19BrFN3O. The van der Waals surface area contributed by atoms with E-state index in [0.717, 1.165) is 41.3 Å². The second kappa shape index (κ2) is 5.30. The molecule has 0 aromatic heterocycles. The van der Waals surface area contributed by atoms with E-state index in [2.05, 4.69) is 34.1 Å². The summed E-state index contributed by atoms with van der Waals surface area (Å²) in [6.45, 7) is 0. The Balaban J connectivity index is 1.69. The minimum Gasteiger partial charge on any atom is -0.368 e. The van der Waals surface area contributed by atoms with E-state index < -0.39 is 5.72 Å². The number of rotatable bonds is 0. The van der Waals surface area contributed by atoms with Crippen molar-refractivity contribution < 1.29 is 9.23 Å². The zero-order valence-electron chi connectivity index (χ0n) is 14.4. The van der Waals surface area contributed by atoms with Gasteiger partial charge in [0.05, 0.1) is 0 Å². The Morgan fingerprint density at radius 3 is 2.69 bits per heavy atom. The largest absolute Gasteiger partial charge is 0.368 e. The third kappa shape index (κ3) is 2.06. The molecule has 2 unspecified atom stereocenters. The molecule has 2 atom stereocenters. The summed E-state index contributed by atoms with van der Waals surface area (Å²) < 4.78 is 14.6. The molecule has 0 fully saturated rings. The van der Waals surface area contributed by atoms with Crippen LogP contribution < -0.4 is 5.73 Å². The van der Waals surface area contributed by atoms with Crippen molar-refractivity contribution in [1.82, 2.24) is 5.06 Å². The number of hydroxylamine groups is 2. The number of hydrogen-bond acceptors (Lipinski definition) is 4. The van der Waals surface area contributed by atoms with Crippen molar-refractivity contribution in [2.24, 2.45) is 16.1 Å². The van der Waals surface area contributed by atoms with E-state index in [1.165, 1.54) is 11.1 Å². The maximum absolute atomic E-state index is 13.6. The molecule has 134 valence electrons. The summed E-state index contributed by atoms with van der Waals surface area (Å²) in [6, 6.07) is 11.4. The third-order valence-corrected chi connectivity index (χ3v) is 6.61. The van der Waals surface area contributed by atoms with Crippen LogP contribution in [0.1, 0.15) is 28.7 Å². The van der Waals surface area contributed by atoms with Gasteiger partial charge in [-0.05, 0) is 66.6 Å². The van der Waals surface area contributed by atoms with E-state index >= 15 is 0 Å². The van der Waals surface area contributed by atoms with Crippen LogP contribution in [0.25, 0.3) is 0 Å². The molecule has 6 heteroatoms. The van der Waals surface area contributed by atoms with Crippen molar-refractivity contribution in [3.8, 4) is 0 Å². The van der Waals surface area contributed by atoms with Gasteiger partial charge in [0.15, 0.2) is 0 Å². The third-order valence-electron chi connectivity index (χ3n) is 6.12. The van der Waals surface area contributed by atoms with Gasteiger partial charge in [0.2, 0.25) is 11.7 Å². The van der Waals surface area contributed by atoms with Crippen molar-refractivity contribution >= 4 is 21.9 Å². The van der Waals surface area contributed by atoms with Crippen molar-refractivity contribution in [1.29, 1.82) is 0 Å². The van der Waals surface area contributed by atoms with Gasteiger partial charge in [0.25, 0.3) is 0 Å².